The normalized spacial score (nSPS) is 16.3. The first kappa shape index (κ1) is 27.8. The summed E-state index contributed by atoms with van der Waals surface area (Å²) in [4.78, 5) is 15.4. The van der Waals surface area contributed by atoms with Gasteiger partial charge in [-0.2, -0.15) is 26.3 Å². The van der Waals surface area contributed by atoms with Crippen LogP contribution in [0.3, 0.4) is 0 Å². The molecule has 0 saturated carbocycles. The van der Waals surface area contributed by atoms with Crippen LogP contribution in [0, 0.1) is 0 Å². The number of pyridine rings is 1. The minimum atomic E-state index is -4.60. The van der Waals surface area contributed by atoms with E-state index in [0.29, 0.717) is 54.5 Å². The van der Waals surface area contributed by atoms with Gasteiger partial charge in [-0.15, -0.1) is 0 Å². The molecule has 1 fully saturated rings. The van der Waals surface area contributed by atoms with Crippen LogP contribution >= 0.6 is 0 Å². The van der Waals surface area contributed by atoms with E-state index in [1.165, 1.54) is 36.5 Å². The minimum Gasteiger partial charge on any atom is -0.373 e. The lowest BCUT2D eigenvalue weighted by Gasteiger charge is -2.37. The maximum absolute atomic E-state index is 13.7. The molecule has 1 N–H and O–H groups in total. The summed E-state index contributed by atoms with van der Waals surface area (Å²) in [6, 6.07) is 11.3. The van der Waals surface area contributed by atoms with Crippen LogP contribution in [0.15, 0.2) is 60.8 Å². The van der Waals surface area contributed by atoms with E-state index in [0.717, 1.165) is 18.2 Å². The number of anilines is 2. The second-order valence-electron chi connectivity index (χ2n) is 10.1. The van der Waals surface area contributed by atoms with E-state index in [1.54, 1.807) is 6.07 Å². The van der Waals surface area contributed by atoms with Gasteiger partial charge in [0.05, 0.1) is 41.1 Å². The van der Waals surface area contributed by atoms with Crippen molar-refractivity contribution in [3.05, 3.63) is 77.7 Å². The molecule has 1 aliphatic rings. The number of hydrogen-bond acceptors (Lipinski definition) is 6. The molecular formula is C28H25F6N5O. The van der Waals surface area contributed by atoms with Crippen molar-refractivity contribution in [2.45, 2.75) is 38.3 Å². The zero-order chi connectivity index (χ0) is 28.7. The Morgan fingerprint density at radius 1 is 0.950 bits per heavy atom. The van der Waals surface area contributed by atoms with Crippen molar-refractivity contribution in [1.29, 1.82) is 0 Å². The fourth-order valence-corrected chi connectivity index (χ4v) is 4.68. The van der Waals surface area contributed by atoms with Gasteiger partial charge in [0.25, 0.3) is 0 Å². The van der Waals surface area contributed by atoms with Gasteiger partial charge in [0.15, 0.2) is 0 Å². The van der Waals surface area contributed by atoms with E-state index in [1.807, 2.05) is 13.8 Å². The second-order valence-corrected chi connectivity index (χ2v) is 10.1. The van der Waals surface area contributed by atoms with Gasteiger partial charge in [-0.25, -0.2) is 9.97 Å². The van der Waals surface area contributed by atoms with Crippen molar-refractivity contribution in [3.63, 3.8) is 0 Å². The van der Waals surface area contributed by atoms with Crippen molar-refractivity contribution in [2.24, 2.45) is 0 Å². The van der Waals surface area contributed by atoms with E-state index in [-0.39, 0.29) is 16.9 Å². The number of benzene rings is 2. The standard InChI is InChI=1S/C28H25F6N5O/c1-26(2)16-39(12-13-40-26)15-23-37-22-14-17(24-21(28(32,33)34)4-3-11-35-24)5-10-20(22)25(38-23)36-19-8-6-18(7-9-19)27(29,30)31/h3-11,14H,12-13,15-16H2,1-2H3,(H,36,37,38). The Morgan fingerprint density at radius 2 is 1.70 bits per heavy atom. The summed E-state index contributed by atoms with van der Waals surface area (Å²) in [6.07, 6.45) is -7.79. The molecule has 5 rings (SSSR count). The fourth-order valence-electron chi connectivity index (χ4n) is 4.68. The monoisotopic (exact) mass is 561 g/mol. The van der Waals surface area contributed by atoms with Crippen molar-refractivity contribution < 1.29 is 31.1 Å². The van der Waals surface area contributed by atoms with Crippen molar-refractivity contribution in [2.75, 3.05) is 25.0 Å². The van der Waals surface area contributed by atoms with Crippen molar-refractivity contribution >= 4 is 22.4 Å². The summed E-state index contributed by atoms with van der Waals surface area (Å²) >= 11 is 0. The van der Waals surface area contributed by atoms with E-state index < -0.39 is 23.5 Å². The largest absolute Gasteiger partial charge is 0.418 e. The summed E-state index contributed by atoms with van der Waals surface area (Å²) in [5.74, 6) is 0.713. The zero-order valence-corrected chi connectivity index (χ0v) is 21.6. The molecule has 0 atom stereocenters. The number of hydrogen-bond donors (Lipinski definition) is 1. The summed E-state index contributed by atoms with van der Waals surface area (Å²) in [6.45, 7) is 6.03. The number of fused-ring (bicyclic) bond motifs is 1. The Balaban J connectivity index is 1.57. The first-order valence-electron chi connectivity index (χ1n) is 12.4. The highest BCUT2D eigenvalue weighted by atomic mass is 19.4. The molecule has 0 spiro atoms. The van der Waals surface area contributed by atoms with Gasteiger partial charge in [0.2, 0.25) is 0 Å². The first-order valence-corrected chi connectivity index (χ1v) is 12.4. The van der Waals surface area contributed by atoms with Gasteiger partial charge >= 0.3 is 12.4 Å². The van der Waals surface area contributed by atoms with Crippen LogP contribution in [0.4, 0.5) is 37.8 Å². The van der Waals surface area contributed by atoms with Crippen LogP contribution < -0.4 is 5.32 Å². The van der Waals surface area contributed by atoms with Crippen LogP contribution in [0.5, 0.6) is 0 Å². The van der Waals surface area contributed by atoms with Gasteiger partial charge in [-0.05, 0) is 62.4 Å². The van der Waals surface area contributed by atoms with Gasteiger partial charge in [0.1, 0.15) is 11.6 Å². The predicted molar refractivity (Wildman–Crippen MR) is 138 cm³/mol. The molecule has 0 aliphatic carbocycles. The lowest BCUT2D eigenvalue weighted by Crippen LogP contribution is -2.47. The second kappa shape index (κ2) is 10.3. The lowest BCUT2D eigenvalue weighted by atomic mass is 10.0. The molecule has 0 unspecified atom stereocenters. The molecule has 4 aromatic rings. The third-order valence-corrected chi connectivity index (χ3v) is 6.47. The third kappa shape index (κ3) is 6.18. The average molecular weight is 562 g/mol. The van der Waals surface area contributed by atoms with Crippen LogP contribution in [-0.4, -0.2) is 45.1 Å². The summed E-state index contributed by atoms with van der Waals surface area (Å²) in [5, 5.41) is 3.54. The number of morpholine rings is 1. The summed E-state index contributed by atoms with van der Waals surface area (Å²) < 4.78 is 85.9. The molecule has 0 amide bonds. The molecule has 1 aliphatic heterocycles. The number of halogens is 6. The smallest absolute Gasteiger partial charge is 0.373 e. The quantitative estimate of drug-likeness (QED) is 0.263. The Hall–Kier alpha value is -3.77. The molecule has 2 aromatic heterocycles. The topological polar surface area (TPSA) is 63.2 Å². The molecule has 12 heteroatoms. The number of alkyl halides is 6. The Labute approximate surface area is 226 Å². The maximum atomic E-state index is 13.7. The van der Waals surface area contributed by atoms with Gasteiger partial charge in [-0.1, -0.05) is 6.07 Å². The van der Waals surface area contributed by atoms with Crippen molar-refractivity contribution in [1.82, 2.24) is 19.9 Å². The van der Waals surface area contributed by atoms with Crippen LogP contribution in [-0.2, 0) is 23.6 Å². The highest BCUT2D eigenvalue weighted by Gasteiger charge is 2.34. The highest BCUT2D eigenvalue weighted by molar-refractivity contribution is 5.93. The van der Waals surface area contributed by atoms with E-state index >= 15 is 0 Å². The number of nitrogens with one attached hydrogen (secondary N) is 1. The molecular weight excluding hydrogens is 536 g/mol. The van der Waals surface area contributed by atoms with Gasteiger partial charge in [-0.3, -0.25) is 9.88 Å². The summed E-state index contributed by atoms with van der Waals surface area (Å²) in [5.41, 5.74) is -1.33. The predicted octanol–water partition coefficient (Wildman–Crippen LogP) is 7.08. The van der Waals surface area contributed by atoms with E-state index in [2.05, 4.69) is 25.2 Å². The van der Waals surface area contributed by atoms with Crippen LogP contribution in [0.25, 0.3) is 22.2 Å². The molecule has 3 heterocycles. The van der Waals surface area contributed by atoms with E-state index in [9.17, 15) is 26.3 Å². The molecule has 0 bridgehead atoms. The zero-order valence-electron chi connectivity index (χ0n) is 21.6. The Kier molecular flexibility index (Phi) is 7.17. The molecule has 6 nitrogen and oxygen atoms in total. The van der Waals surface area contributed by atoms with Gasteiger partial charge < -0.3 is 10.1 Å². The maximum Gasteiger partial charge on any atom is 0.418 e. The molecule has 0 radical (unpaired) electrons. The van der Waals surface area contributed by atoms with Crippen LogP contribution in [0.1, 0.15) is 30.8 Å². The number of aromatic nitrogens is 3. The van der Waals surface area contributed by atoms with Crippen molar-refractivity contribution in [3.8, 4) is 11.3 Å². The average Bonchev–Trinajstić information content (AvgIpc) is 2.87. The fraction of sp³-hybridized carbons (Fsp3) is 0.321. The molecule has 2 aromatic carbocycles. The lowest BCUT2D eigenvalue weighted by molar-refractivity contribution is -0.138. The molecule has 210 valence electrons. The first-order chi connectivity index (χ1) is 18.8. The number of rotatable bonds is 5. The molecule has 1 saturated heterocycles. The number of ether oxygens (including phenoxy) is 1. The SMILES string of the molecule is CC1(C)CN(Cc2nc(Nc3ccc(C(F)(F)F)cc3)c3ccc(-c4ncccc4C(F)(F)F)cc3n2)CCO1. The minimum absolute atomic E-state index is 0.220. The highest BCUT2D eigenvalue weighted by Crippen LogP contribution is 2.37. The molecule has 40 heavy (non-hydrogen) atoms. The van der Waals surface area contributed by atoms with Crippen LogP contribution in [0.2, 0.25) is 0 Å². The third-order valence-electron chi connectivity index (χ3n) is 6.47. The van der Waals surface area contributed by atoms with E-state index in [4.69, 9.17) is 4.74 Å². The van der Waals surface area contributed by atoms with Gasteiger partial charge in [0, 0.05) is 35.9 Å². The summed E-state index contributed by atoms with van der Waals surface area (Å²) in [7, 11) is 0. The Bertz CT molecular complexity index is 1520. The Morgan fingerprint density at radius 3 is 2.38 bits per heavy atom. The number of nitrogens with zero attached hydrogens (tertiary/aromatic N) is 4.